The molecule has 0 aromatic heterocycles. The zero-order chi connectivity index (χ0) is 62.0. The largest absolute Gasteiger partial charge is 0.466 e. The Morgan fingerprint density at radius 1 is 0.326 bits per heavy atom. The molecule has 6 heteroatoms. The van der Waals surface area contributed by atoms with Crippen molar-refractivity contribution >= 4 is 11.9 Å². The van der Waals surface area contributed by atoms with Crippen molar-refractivity contribution in [3.63, 3.8) is 0 Å². The molecule has 0 saturated carbocycles. The monoisotopic (exact) mass is 1210 g/mol. The van der Waals surface area contributed by atoms with Gasteiger partial charge >= 0.3 is 5.97 Å². The first kappa shape index (κ1) is 84.1. The minimum atomic E-state index is -0.664. The predicted octanol–water partition coefficient (Wildman–Crippen LogP) is 25.8. The van der Waals surface area contributed by atoms with Crippen molar-refractivity contribution < 1.29 is 24.5 Å². The fourth-order valence-electron chi connectivity index (χ4n) is 12.4. The van der Waals surface area contributed by atoms with Gasteiger partial charge in [-0.3, -0.25) is 9.59 Å². The van der Waals surface area contributed by atoms with Crippen LogP contribution in [-0.4, -0.2) is 47.4 Å². The molecule has 0 aliphatic carbocycles. The van der Waals surface area contributed by atoms with Crippen LogP contribution in [0.5, 0.6) is 0 Å². The number of amides is 1. The van der Waals surface area contributed by atoms with Crippen molar-refractivity contribution in [2.24, 2.45) is 0 Å². The van der Waals surface area contributed by atoms with Gasteiger partial charge in [-0.2, -0.15) is 0 Å². The summed E-state index contributed by atoms with van der Waals surface area (Å²) in [6.07, 6.45) is 98.0. The molecule has 0 spiro atoms. The van der Waals surface area contributed by atoms with E-state index in [-0.39, 0.29) is 18.5 Å². The molecule has 86 heavy (non-hydrogen) atoms. The van der Waals surface area contributed by atoms with Crippen LogP contribution in [0, 0.1) is 0 Å². The Hall–Kier alpha value is -1.92. The third-order valence-corrected chi connectivity index (χ3v) is 18.4. The molecular weight excluding hydrogens is 1050 g/mol. The zero-order valence-corrected chi connectivity index (χ0v) is 58.3. The highest BCUT2D eigenvalue weighted by molar-refractivity contribution is 5.76. The lowest BCUT2D eigenvalue weighted by atomic mass is 10.0. The maximum absolute atomic E-state index is 12.6. The molecule has 3 N–H and O–H groups in total. The summed E-state index contributed by atoms with van der Waals surface area (Å²) in [5.41, 5.74) is 0. The lowest BCUT2D eigenvalue weighted by Gasteiger charge is -2.22. The number of nitrogens with one attached hydrogen (secondary N) is 1. The highest BCUT2D eigenvalue weighted by Crippen LogP contribution is 2.19. The summed E-state index contributed by atoms with van der Waals surface area (Å²) < 4.78 is 5.49. The molecule has 0 fully saturated rings. The summed E-state index contributed by atoms with van der Waals surface area (Å²) in [5.74, 6) is -0.0188. The second-order valence-corrected chi connectivity index (χ2v) is 27.0. The third kappa shape index (κ3) is 71.2. The smallest absolute Gasteiger partial charge is 0.305 e. The number of rotatable bonds is 74. The van der Waals surface area contributed by atoms with Crippen molar-refractivity contribution in [2.45, 2.75) is 450 Å². The first-order valence-electron chi connectivity index (χ1n) is 39.2. The van der Waals surface area contributed by atoms with Gasteiger partial charge in [-0.05, 0) is 83.5 Å². The minimum Gasteiger partial charge on any atom is -0.466 e. The molecular formula is C80H153NO5. The number of unbranched alkanes of at least 4 members (excludes halogenated alkanes) is 57. The molecule has 0 heterocycles. The van der Waals surface area contributed by atoms with Crippen LogP contribution in [0.15, 0.2) is 36.5 Å². The van der Waals surface area contributed by atoms with Crippen LogP contribution >= 0.6 is 0 Å². The summed E-state index contributed by atoms with van der Waals surface area (Å²) >= 11 is 0. The van der Waals surface area contributed by atoms with Crippen LogP contribution in [0.4, 0.5) is 0 Å². The van der Waals surface area contributed by atoms with Gasteiger partial charge < -0.3 is 20.3 Å². The van der Waals surface area contributed by atoms with Gasteiger partial charge in [0.05, 0.1) is 25.4 Å². The van der Waals surface area contributed by atoms with E-state index < -0.39 is 12.1 Å². The molecule has 2 atom stereocenters. The first-order chi connectivity index (χ1) is 42.5. The van der Waals surface area contributed by atoms with Crippen molar-refractivity contribution in [3.05, 3.63) is 36.5 Å². The lowest BCUT2D eigenvalue weighted by molar-refractivity contribution is -0.143. The summed E-state index contributed by atoms with van der Waals surface area (Å²) in [5, 5.41) is 23.4. The predicted molar refractivity (Wildman–Crippen MR) is 379 cm³/mol. The van der Waals surface area contributed by atoms with Crippen LogP contribution in [0.25, 0.3) is 0 Å². The number of allylic oxidation sites excluding steroid dienone is 6. The fourth-order valence-corrected chi connectivity index (χ4v) is 12.4. The SMILES string of the molecule is CCCCCCCC/C=C\CCCCCCCC(=O)OCCCCCCCCCCCCC/C=C\C/C=C\CCCCCCCCCCCCCCCCCCCC(=O)NC(CO)C(O)CCCCCCCCCCCCCCCCCCCCC. The van der Waals surface area contributed by atoms with E-state index in [1.54, 1.807) is 0 Å². The molecule has 1 amide bonds. The number of hydrogen-bond acceptors (Lipinski definition) is 5. The minimum absolute atomic E-state index is 0.00949. The number of hydrogen-bond donors (Lipinski definition) is 3. The Bertz CT molecular complexity index is 1390. The summed E-state index contributed by atoms with van der Waals surface area (Å²) in [4.78, 5) is 24.6. The topological polar surface area (TPSA) is 95.9 Å². The van der Waals surface area contributed by atoms with Gasteiger partial charge in [-0.15, -0.1) is 0 Å². The van der Waals surface area contributed by atoms with E-state index in [0.29, 0.717) is 25.9 Å². The average molecular weight is 1210 g/mol. The zero-order valence-electron chi connectivity index (χ0n) is 58.3. The van der Waals surface area contributed by atoms with Crippen molar-refractivity contribution in [3.8, 4) is 0 Å². The Morgan fingerprint density at radius 3 is 0.895 bits per heavy atom. The van der Waals surface area contributed by atoms with Crippen LogP contribution in [0.2, 0.25) is 0 Å². The first-order valence-corrected chi connectivity index (χ1v) is 39.2. The highest BCUT2D eigenvalue weighted by Gasteiger charge is 2.20. The number of carbonyl (C=O) groups is 2. The lowest BCUT2D eigenvalue weighted by Crippen LogP contribution is -2.45. The van der Waals surface area contributed by atoms with Crippen LogP contribution in [0.1, 0.15) is 438 Å². The number of ether oxygens (including phenoxy) is 1. The number of aliphatic hydroxyl groups excluding tert-OH is 2. The van der Waals surface area contributed by atoms with Crippen LogP contribution in [-0.2, 0) is 14.3 Å². The van der Waals surface area contributed by atoms with E-state index >= 15 is 0 Å². The summed E-state index contributed by atoms with van der Waals surface area (Å²) in [6, 6.07) is -0.541. The van der Waals surface area contributed by atoms with E-state index in [1.165, 1.54) is 353 Å². The van der Waals surface area contributed by atoms with E-state index in [4.69, 9.17) is 4.74 Å². The highest BCUT2D eigenvalue weighted by atomic mass is 16.5. The summed E-state index contributed by atoms with van der Waals surface area (Å²) in [7, 11) is 0. The number of esters is 1. The third-order valence-electron chi connectivity index (χ3n) is 18.4. The Labute approximate surface area is 538 Å². The molecule has 0 saturated heterocycles. The molecule has 0 aromatic rings. The standard InChI is InChI=1S/C80H153NO5/c1-3-5-7-9-11-13-15-17-19-20-38-41-45-48-52-56-60-64-68-72-78(83)77(76-82)81-79(84)73-69-65-61-57-53-49-46-42-39-36-34-32-30-28-26-24-22-21-23-25-27-29-31-33-35-37-40-43-47-51-55-59-63-67-71-75-86-80(85)74-70-66-62-58-54-50-44-18-16-14-12-10-8-6-4-2/h18,23,25,29,31,44,77-78,82-83H,3-17,19-22,24,26-28,30,32-43,45-76H2,1-2H3,(H,81,84)/b25-23-,31-29-,44-18-. The Morgan fingerprint density at radius 2 is 0.581 bits per heavy atom. The summed E-state index contributed by atoms with van der Waals surface area (Å²) in [6.45, 7) is 4.99. The van der Waals surface area contributed by atoms with Crippen molar-refractivity contribution in [2.75, 3.05) is 13.2 Å². The molecule has 0 aliphatic rings. The van der Waals surface area contributed by atoms with Crippen molar-refractivity contribution in [1.29, 1.82) is 0 Å². The van der Waals surface area contributed by atoms with Gasteiger partial charge in [-0.25, -0.2) is 0 Å². The second kappa shape index (κ2) is 75.5. The molecule has 0 radical (unpaired) electrons. The fraction of sp³-hybridized carbons (Fsp3) is 0.900. The van der Waals surface area contributed by atoms with E-state index in [1.807, 2.05) is 0 Å². The van der Waals surface area contributed by atoms with Gasteiger partial charge in [0.2, 0.25) is 5.91 Å². The van der Waals surface area contributed by atoms with E-state index in [9.17, 15) is 19.8 Å². The molecule has 0 bridgehead atoms. The normalized spacial score (nSPS) is 12.7. The van der Waals surface area contributed by atoms with Gasteiger partial charge in [0, 0.05) is 12.8 Å². The molecule has 508 valence electrons. The Balaban J connectivity index is 3.37. The molecule has 0 aromatic carbocycles. The van der Waals surface area contributed by atoms with E-state index in [0.717, 1.165) is 51.4 Å². The number of aliphatic hydroxyl groups is 2. The quantitative estimate of drug-likeness (QED) is 0.0320. The Kier molecular flexibility index (Phi) is 73.9. The molecule has 0 rings (SSSR count). The van der Waals surface area contributed by atoms with Gasteiger partial charge in [0.25, 0.3) is 0 Å². The van der Waals surface area contributed by atoms with Gasteiger partial charge in [0.15, 0.2) is 0 Å². The molecule has 0 aliphatic heterocycles. The van der Waals surface area contributed by atoms with E-state index in [2.05, 4.69) is 55.6 Å². The second-order valence-electron chi connectivity index (χ2n) is 27.0. The van der Waals surface area contributed by atoms with Crippen LogP contribution in [0.3, 0.4) is 0 Å². The average Bonchev–Trinajstić information content (AvgIpc) is 3.55. The maximum atomic E-state index is 12.6. The molecule has 2 unspecified atom stereocenters. The van der Waals surface area contributed by atoms with Gasteiger partial charge in [0.1, 0.15) is 0 Å². The van der Waals surface area contributed by atoms with Gasteiger partial charge in [-0.1, -0.05) is 378 Å². The number of carbonyl (C=O) groups excluding carboxylic acids is 2. The van der Waals surface area contributed by atoms with Crippen molar-refractivity contribution in [1.82, 2.24) is 5.32 Å². The molecule has 6 nitrogen and oxygen atoms in total. The van der Waals surface area contributed by atoms with Crippen LogP contribution < -0.4 is 5.32 Å². The maximum Gasteiger partial charge on any atom is 0.305 e.